The second kappa shape index (κ2) is 4.35. The van der Waals surface area contributed by atoms with Crippen molar-refractivity contribution in [3.05, 3.63) is 48.5 Å². The minimum Gasteiger partial charge on any atom is -0.306 e. The second-order valence-electron chi connectivity index (χ2n) is 3.01. The van der Waals surface area contributed by atoms with Crippen LogP contribution in [0.1, 0.15) is 5.56 Å². The van der Waals surface area contributed by atoms with Gasteiger partial charge in [-0.3, -0.25) is 0 Å². The smallest absolute Gasteiger partial charge is 0.235 e. The molecule has 0 saturated heterocycles. The van der Waals surface area contributed by atoms with Gasteiger partial charge < -0.3 is 4.57 Å². The summed E-state index contributed by atoms with van der Waals surface area (Å²) >= 11 is 0. The van der Waals surface area contributed by atoms with Gasteiger partial charge in [0, 0.05) is 12.4 Å². The lowest BCUT2D eigenvalue weighted by Crippen LogP contribution is -1.95. The van der Waals surface area contributed by atoms with Gasteiger partial charge in [0.15, 0.2) is 0 Å². The van der Waals surface area contributed by atoms with Crippen molar-refractivity contribution in [2.24, 2.45) is 4.99 Å². The number of aliphatic imine (C=N–C) groups is 1. The van der Waals surface area contributed by atoms with Crippen LogP contribution in [0.3, 0.4) is 0 Å². The summed E-state index contributed by atoms with van der Waals surface area (Å²) in [5.74, 6) is 0. The molecule has 0 spiro atoms. The Morgan fingerprint density at radius 1 is 1.40 bits per heavy atom. The number of aromatic nitrogens is 2. The number of benzene rings is 1. The number of rotatable bonds is 3. The maximum Gasteiger partial charge on any atom is 0.235 e. The number of para-hydroxylation sites is 1. The molecule has 0 atom stereocenters. The number of carbonyl (C=O) groups excluding carboxylic acids is 1. The number of isocyanates is 1. The summed E-state index contributed by atoms with van der Waals surface area (Å²) in [6.45, 7) is 0.345. The highest BCUT2D eigenvalue weighted by Crippen LogP contribution is 2.14. The zero-order valence-electron chi connectivity index (χ0n) is 8.00. The summed E-state index contributed by atoms with van der Waals surface area (Å²) in [7, 11) is 0. The maximum atomic E-state index is 10.1. The summed E-state index contributed by atoms with van der Waals surface area (Å²) in [5.41, 5.74) is 1.95. The number of imidazole rings is 1. The first-order valence-corrected chi connectivity index (χ1v) is 4.51. The van der Waals surface area contributed by atoms with Crippen LogP contribution in [0, 0.1) is 0 Å². The third-order valence-corrected chi connectivity index (χ3v) is 2.09. The van der Waals surface area contributed by atoms with Crippen LogP contribution in [-0.4, -0.2) is 15.6 Å². The zero-order valence-corrected chi connectivity index (χ0v) is 8.00. The van der Waals surface area contributed by atoms with Crippen molar-refractivity contribution in [3.63, 3.8) is 0 Å². The predicted molar refractivity (Wildman–Crippen MR) is 55.4 cm³/mol. The molecule has 74 valence electrons. The summed E-state index contributed by atoms with van der Waals surface area (Å²) in [6.07, 6.45) is 6.81. The fraction of sp³-hybridized carbons (Fsp3) is 0.0909. The molecule has 0 aliphatic heterocycles. The minimum absolute atomic E-state index is 0.345. The molecule has 0 unspecified atom stereocenters. The van der Waals surface area contributed by atoms with Crippen LogP contribution in [0.25, 0.3) is 5.69 Å². The van der Waals surface area contributed by atoms with E-state index in [-0.39, 0.29) is 0 Å². The van der Waals surface area contributed by atoms with Crippen LogP contribution in [0.4, 0.5) is 0 Å². The Bertz CT molecular complexity index is 484. The highest BCUT2D eigenvalue weighted by molar-refractivity contribution is 5.42. The molecule has 0 aliphatic rings. The molecule has 2 rings (SSSR count). The molecular weight excluding hydrogens is 190 g/mol. The maximum absolute atomic E-state index is 10.1. The summed E-state index contributed by atoms with van der Waals surface area (Å²) < 4.78 is 1.88. The van der Waals surface area contributed by atoms with Crippen LogP contribution < -0.4 is 0 Å². The molecule has 0 saturated carbocycles. The van der Waals surface area contributed by atoms with Crippen LogP contribution in [0.15, 0.2) is 48.0 Å². The Morgan fingerprint density at radius 2 is 2.27 bits per heavy atom. The van der Waals surface area contributed by atoms with Crippen LogP contribution >= 0.6 is 0 Å². The summed E-state index contributed by atoms with van der Waals surface area (Å²) in [4.78, 5) is 17.6. The van der Waals surface area contributed by atoms with Gasteiger partial charge in [-0.1, -0.05) is 18.2 Å². The lowest BCUT2D eigenvalue weighted by atomic mass is 10.2. The molecule has 0 aliphatic carbocycles. The minimum atomic E-state index is 0.345. The molecule has 0 radical (unpaired) electrons. The van der Waals surface area contributed by atoms with Gasteiger partial charge in [0.2, 0.25) is 6.08 Å². The largest absolute Gasteiger partial charge is 0.306 e. The Kier molecular flexibility index (Phi) is 2.72. The summed E-state index contributed by atoms with van der Waals surface area (Å²) in [5, 5.41) is 0. The van der Waals surface area contributed by atoms with Gasteiger partial charge in [-0.05, 0) is 11.6 Å². The molecule has 15 heavy (non-hydrogen) atoms. The highest BCUT2D eigenvalue weighted by Gasteiger charge is 2.01. The molecule has 1 aromatic carbocycles. The van der Waals surface area contributed by atoms with Crippen molar-refractivity contribution < 1.29 is 4.79 Å². The van der Waals surface area contributed by atoms with Crippen molar-refractivity contribution >= 4 is 6.08 Å². The van der Waals surface area contributed by atoms with E-state index in [1.807, 2.05) is 35.0 Å². The molecule has 4 heteroatoms. The first-order valence-electron chi connectivity index (χ1n) is 4.51. The first kappa shape index (κ1) is 9.37. The van der Waals surface area contributed by atoms with E-state index in [1.54, 1.807) is 12.5 Å². The van der Waals surface area contributed by atoms with E-state index in [0.717, 1.165) is 11.3 Å². The average molecular weight is 199 g/mol. The second-order valence-corrected chi connectivity index (χ2v) is 3.01. The SMILES string of the molecule is O=C=NCc1ccccc1-n1ccnc1. The third kappa shape index (κ3) is 2.00. The normalized spacial score (nSPS) is 9.60. The van der Waals surface area contributed by atoms with Crippen LogP contribution in [-0.2, 0) is 11.3 Å². The van der Waals surface area contributed by atoms with E-state index in [2.05, 4.69) is 9.98 Å². The van der Waals surface area contributed by atoms with Gasteiger partial charge in [0.1, 0.15) is 0 Å². The van der Waals surface area contributed by atoms with E-state index in [9.17, 15) is 4.79 Å². The lowest BCUT2D eigenvalue weighted by Gasteiger charge is -2.06. The Morgan fingerprint density at radius 3 is 3.00 bits per heavy atom. The molecular formula is C11H9N3O. The van der Waals surface area contributed by atoms with Crippen LogP contribution in [0.5, 0.6) is 0 Å². The standard InChI is InChI=1S/C11H9N3O/c15-9-13-7-10-3-1-2-4-11(10)14-6-5-12-8-14/h1-6,8H,7H2. The molecule has 1 heterocycles. The van der Waals surface area contributed by atoms with Gasteiger partial charge in [0.05, 0.1) is 18.6 Å². The third-order valence-electron chi connectivity index (χ3n) is 2.09. The van der Waals surface area contributed by atoms with Crippen LogP contribution in [0.2, 0.25) is 0 Å². The zero-order chi connectivity index (χ0) is 10.5. The quantitative estimate of drug-likeness (QED) is 0.558. The van der Waals surface area contributed by atoms with Gasteiger partial charge in [0.25, 0.3) is 0 Å². The molecule has 0 amide bonds. The van der Waals surface area contributed by atoms with Crippen molar-refractivity contribution in [2.75, 3.05) is 0 Å². The predicted octanol–water partition coefficient (Wildman–Crippen LogP) is 1.71. The number of nitrogens with zero attached hydrogens (tertiary/aromatic N) is 3. The molecule has 0 fully saturated rings. The fourth-order valence-electron chi connectivity index (χ4n) is 1.42. The Labute approximate surface area is 86.9 Å². The molecule has 1 aromatic heterocycles. The van der Waals surface area contributed by atoms with Crippen molar-refractivity contribution in [1.82, 2.24) is 9.55 Å². The molecule has 0 bridgehead atoms. The monoisotopic (exact) mass is 199 g/mol. The topological polar surface area (TPSA) is 47.2 Å². The van der Waals surface area contributed by atoms with E-state index in [1.165, 1.54) is 6.08 Å². The van der Waals surface area contributed by atoms with E-state index >= 15 is 0 Å². The lowest BCUT2D eigenvalue weighted by molar-refractivity contribution is 0.562. The van der Waals surface area contributed by atoms with Crippen molar-refractivity contribution in [1.29, 1.82) is 0 Å². The molecule has 4 nitrogen and oxygen atoms in total. The van der Waals surface area contributed by atoms with Gasteiger partial charge in [-0.2, -0.15) is 0 Å². The molecule has 2 aromatic rings. The average Bonchev–Trinajstić information content (AvgIpc) is 2.80. The van der Waals surface area contributed by atoms with Crippen molar-refractivity contribution in [3.8, 4) is 5.69 Å². The van der Waals surface area contributed by atoms with E-state index in [4.69, 9.17) is 0 Å². The molecule has 0 N–H and O–H groups in total. The van der Waals surface area contributed by atoms with Gasteiger partial charge >= 0.3 is 0 Å². The number of hydrogen-bond acceptors (Lipinski definition) is 3. The van der Waals surface area contributed by atoms with Crippen molar-refractivity contribution in [2.45, 2.75) is 6.54 Å². The highest BCUT2D eigenvalue weighted by atomic mass is 16.1. The Balaban J connectivity index is 2.42. The fourth-order valence-corrected chi connectivity index (χ4v) is 1.42. The van der Waals surface area contributed by atoms with E-state index in [0.29, 0.717) is 6.54 Å². The van der Waals surface area contributed by atoms with Gasteiger partial charge in [-0.25, -0.2) is 14.8 Å². The summed E-state index contributed by atoms with van der Waals surface area (Å²) in [6, 6.07) is 7.73. The van der Waals surface area contributed by atoms with Gasteiger partial charge in [-0.15, -0.1) is 0 Å². The Hall–Kier alpha value is -2.19. The van der Waals surface area contributed by atoms with E-state index < -0.39 is 0 Å². The number of hydrogen-bond donors (Lipinski definition) is 0. The first-order chi connectivity index (χ1) is 7.42.